The zero-order valence-electron chi connectivity index (χ0n) is 16.2. The van der Waals surface area contributed by atoms with Gasteiger partial charge in [-0.15, -0.1) is 0 Å². The number of sulfonamides is 1. The van der Waals surface area contributed by atoms with Crippen LogP contribution in [0.1, 0.15) is 43.0 Å². The van der Waals surface area contributed by atoms with Crippen molar-refractivity contribution in [1.82, 2.24) is 5.32 Å². The number of rotatable bonds is 9. The van der Waals surface area contributed by atoms with Crippen LogP contribution < -0.4 is 20.5 Å². The van der Waals surface area contributed by atoms with E-state index in [-0.39, 0.29) is 15.9 Å². The molecule has 0 bridgehead atoms. The molecule has 2 rings (SSSR count). The van der Waals surface area contributed by atoms with Gasteiger partial charge in [-0.3, -0.25) is 10.1 Å². The number of benzene rings is 2. The summed E-state index contributed by atoms with van der Waals surface area (Å²) in [6, 6.07) is 12.5. The minimum absolute atomic E-state index is 0.00863. The van der Waals surface area contributed by atoms with E-state index in [0.717, 1.165) is 12.8 Å². The number of thiocarbonyl (C=S) groups is 1. The lowest BCUT2D eigenvalue weighted by Crippen LogP contribution is -2.34. The number of hydrogen-bond donors (Lipinski definition) is 3. The van der Waals surface area contributed by atoms with Gasteiger partial charge in [0, 0.05) is 11.3 Å². The van der Waals surface area contributed by atoms with Crippen molar-refractivity contribution < 1.29 is 17.9 Å². The van der Waals surface area contributed by atoms with Crippen LogP contribution in [0.2, 0.25) is 0 Å². The molecular formula is C20H25N3O4S2. The highest BCUT2D eigenvalue weighted by Gasteiger charge is 2.10. The molecule has 0 aliphatic rings. The SMILES string of the molecule is CCCCCCOc1ccc(C(=O)NC(=S)Nc2ccc(S(N)(=O)=O)cc2)cc1. The lowest BCUT2D eigenvalue weighted by atomic mass is 10.2. The van der Waals surface area contributed by atoms with Crippen LogP contribution in [0.5, 0.6) is 5.75 Å². The van der Waals surface area contributed by atoms with E-state index >= 15 is 0 Å². The summed E-state index contributed by atoms with van der Waals surface area (Å²) in [5, 5.41) is 10.5. The second-order valence-electron chi connectivity index (χ2n) is 6.41. The molecule has 4 N–H and O–H groups in total. The summed E-state index contributed by atoms with van der Waals surface area (Å²) >= 11 is 5.13. The van der Waals surface area contributed by atoms with Gasteiger partial charge in [0.25, 0.3) is 5.91 Å². The number of amides is 1. The fourth-order valence-corrected chi connectivity index (χ4v) is 3.21. The molecule has 0 aliphatic heterocycles. The average Bonchev–Trinajstić information content (AvgIpc) is 2.68. The summed E-state index contributed by atoms with van der Waals surface area (Å²) in [5.74, 6) is 0.354. The molecule has 2 aromatic rings. The predicted molar refractivity (Wildman–Crippen MR) is 118 cm³/mol. The topological polar surface area (TPSA) is 111 Å². The molecule has 0 saturated heterocycles. The molecule has 156 valence electrons. The minimum atomic E-state index is -3.76. The van der Waals surface area contributed by atoms with Gasteiger partial charge in [0.15, 0.2) is 5.11 Å². The van der Waals surface area contributed by atoms with E-state index < -0.39 is 10.0 Å². The van der Waals surface area contributed by atoms with Crippen molar-refractivity contribution in [3.05, 3.63) is 54.1 Å². The third-order valence-electron chi connectivity index (χ3n) is 4.05. The van der Waals surface area contributed by atoms with Crippen molar-refractivity contribution in [3.63, 3.8) is 0 Å². The Hall–Kier alpha value is -2.49. The highest BCUT2D eigenvalue weighted by molar-refractivity contribution is 7.89. The summed E-state index contributed by atoms with van der Waals surface area (Å²) in [4.78, 5) is 12.3. The van der Waals surface area contributed by atoms with Gasteiger partial charge < -0.3 is 10.1 Å². The number of carbonyl (C=O) groups is 1. The molecule has 0 unspecified atom stereocenters. The molecule has 0 aliphatic carbocycles. The number of nitrogens with one attached hydrogen (secondary N) is 2. The van der Waals surface area contributed by atoms with Crippen molar-refractivity contribution in [2.45, 2.75) is 37.5 Å². The van der Waals surface area contributed by atoms with Gasteiger partial charge in [-0.25, -0.2) is 13.6 Å². The van der Waals surface area contributed by atoms with Gasteiger partial charge in [0.2, 0.25) is 10.0 Å². The van der Waals surface area contributed by atoms with E-state index in [1.807, 2.05) is 0 Å². The average molecular weight is 436 g/mol. The summed E-state index contributed by atoms with van der Waals surface area (Å²) in [6.45, 7) is 2.82. The van der Waals surface area contributed by atoms with Crippen LogP contribution in [0, 0.1) is 0 Å². The number of ether oxygens (including phenoxy) is 1. The van der Waals surface area contributed by atoms with E-state index in [4.69, 9.17) is 22.1 Å². The Balaban J connectivity index is 1.83. The van der Waals surface area contributed by atoms with Gasteiger partial charge in [-0.05, 0) is 67.2 Å². The molecule has 7 nitrogen and oxygen atoms in total. The summed E-state index contributed by atoms with van der Waals surface area (Å²) in [6.07, 6.45) is 4.54. The van der Waals surface area contributed by atoms with Crippen LogP contribution >= 0.6 is 12.2 Å². The summed E-state index contributed by atoms with van der Waals surface area (Å²) in [5.41, 5.74) is 0.964. The lowest BCUT2D eigenvalue weighted by Gasteiger charge is -2.11. The van der Waals surface area contributed by atoms with Crippen molar-refractivity contribution in [1.29, 1.82) is 0 Å². The Kier molecular flexibility index (Phi) is 8.56. The standard InChI is InChI=1S/C20H25N3O4S2/c1-2-3-4-5-14-27-17-10-6-15(7-11-17)19(24)23-20(28)22-16-8-12-18(13-9-16)29(21,25)26/h6-13H,2-5,14H2,1H3,(H2,21,25,26)(H2,22,23,24,28). The van der Waals surface area contributed by atoms with Crippen molar-refractivity contribution >= 4 is 38.9 Å². The van der Waals surface area contributed by atoms with E-state index in [2.05, 4.69) is 17.6 Å². The first-order valence-corrected chi connectivity index (χ1v) is 11.2. The van der Waals surface area contributed by atoms with Gasteiger partial charge in [0.1, 0.15) is 5.75 Å². The first-order valence-electron chi connectivity index (χ1n) is 9.27. The van der Waals surface area contributed by atoms with E-state index in [0.29, 0.717) is 23.6 Å². The van der Waals surface area contributed by atoms with Gasteiger partial charge >= 0.3 is 0 Å². The number of nitrogens with two attached hydrogens (primary N) is 1. The molecule has 0 radical (unpaired) electrons. The highest BCUT2D eigenvalue weighted by atomic mass is 32.2. The third-order valence-corrected chi connectivity index (χ3v) is 5.18. The Bertz CT molecular complexity index is 927. The highest BCUT2D eigenvalue weighted by Crippen LogP contribution is 2.14. The molecule has 2 aromatic carbocycles. The Labute approximate surface area is 176 Å². The molecule has 9 heteroatoms. The first kappa shape index (κ1) is 22.8. The van der Waals surface area contributed by atoms with E-state index in [1.165, 1.54) is 37.1 Å². The maximum atomic E-state index is 12.3. The largest absolute Gasteiger partial charge is 0.494 e. The molecule has 0 saturated carbocycles. The monoisotopic (exact) mass is 435 g/mol. The Morgan fingerprint density at radius 2 is 1.69 bits per heavy atom. The van der Waals surface area contributed by atoms with Gasteiger partial charge in [-0.1, -0.05) is 26.2 Å². The summed E-state index contributed by atoms with van der Waals surface area (Å²) < 4.78 is 28.2. The van der Waals surface area contributed by atoms with Crippen LogP contribution in [0.3, 0.4) is 0 Å². The van der Waals surface area contributed by atoms with E-state index in [9.17, 15) is 13.2 Å². The molecule has 0 atom stereocenters. The Morgan fingerprint density at radius 1 is 1.03 bits per heavy atom. The van der Waals surface area contributed by atoms with Gasteiger partial charge in [0.05, 0.1) is 11.5 Å². The second-order valence-corrected chi connectivity index (χ2v) is 8.38. The normalized spacial score (nSPS) is 11.0. The maximum absolute atomic E-state index is 12.3. The number of hydrogen-bond acceptors (Lipinski definition) is 5. The molecular weight excluding hydrogens is 410 g/mol. The fraction of sp³-hybridized carbons (Fsp3) is 0.300. The van der Waals surface area contributed by atoms with Crippen LogP contribution in [0.4, 0.5) is 5.69 Å². The summed E-state index contributed by atoms with van der Waals surface area (Å²) in [7, 11) is -3.76. The lowest BCUT2D eigenvalue weighted by molar-refractivity contribution is 0.0977. The van der Waals surface area contributed by atoms with Gasteiger partial charge in [-0.2, -0.15) is 0 Å². The zero-order valence-corrected chi connectivity index (χ0v) is 17.8. The minimum Gasteiger partial charge on any atom is -0.494 e. The third kappa shape index (κ3) is 7.80. The maximum Gasteiger partial charge on any atom is 0.257 e. The van der Waals surface area contributed by atoms with Crippen LogP contribution in [-0.4, -0.2) is 26.0 Å². The molecule has 0 aromatic heterocycles. The molecule has 0 fully saturated rings. The quantitative estimate of drug-likeness (QED) is 0.411. The number of unbranched alkanes of at least 4 members (excludes halogenated alkanes) is 3. The van der Waals surface area contributed by atoms with Crippen molar-refractivity contribution in [3.8, 4) is 5.75 Å². The number of carbonyl (C=O) groups excluding carboxylic acids is 1. The van der Waals surface area contributed by atoms with Crippen LogP contribution in [0.25, 0.3) is 0 Å². The fourth-order valence-electron chi connectivity index (χ4n) is 2.49. The predicted octanol–water partition coefficient (Wildman–Crippen LogP) is 3.42. The molecule has 0 spiro atoms. The molecule has 1 amide bonds. The Morgan fingerprint density at radius 3 is 2.28 bits per heavy atom. The smallest absolute Gasteiger partial charge is 0.257 e. The number of primary sulfonamides is 1. The first-order chi connectivity index (χ1) is 13.8. The zero-order chi connectivity index (χ0) is 21.3. The molecule has 0 heterocycles. The number of anilines is 1. The van der Waals surface area contributed by atoms with Crippen molar-refractivity contribution in [2.24, 2.45) is 5.14 Å². The van der Waals surface area contributed by atoms with E-state index in [1.54, 1.807) is 24.3 Å². The molecule has 29 heavy (non-hydrogen) atoms. The van der Waals surface area contributed by atoms with Crippen molar-refractivity contribution in [2.75, 3.05) is 11.9 Å². The van der Waals surface area contributed by atoms with Crippen LogP contribution in [-0.2, 0) is 10.0 Å². The van der Waals surface area contributed by atoms with Crippen LogP contribution in [0.15, 0.2) is 53.4 Å². The second kappa shape index (κ2) is 10.9.